The zero-order valence-corrected chi connectivity index (χ0v) is 19.6. The number of allylic oxidation sites excluding steroid dienone is 2. The van der Waals surface area contributed by atoms with Crippen LogP contribution in [0, 0.1) is 0 Å². The molecule has 1 saturated heterocycles. The summed E-state index contributed by atoms with van der Waals surface area (Å²) in [6, 6.07) is 13.8. The van der Waals surface area contributed by atoms with Gasteiger partial charge in [0.2, 0.25) is 0 Å². The van der Waals surface area contributed by atoms with Gasteiger partial charge in [0.05, 0.1) is 11.5 Å². The number of hydrogen-bond donors (Lipinski definition) is 0. The Kier molecular flexibility index (Phi) is 5.26. The van der Waals surface area contributed by atoms with Crippen LogP contribution in [0.4, 0.5) is 11.4 Å². The highest BCUT2D eigenvalue weighted by Gasteiger charge is 2.59. The van der Waals surface area contributed by atoms with Crippen LogP contribution in [0.1, 0.15) is 25.0 Å². The molecule has 5 nitrogen and oxygen atoms in total. The molecule has 0 saturated carbocycles. The predicted octanol–water partition coefficient (Wildman–Crippen LogP) is 4.25. The summed E-state index contributed by atoms with van der Waals surface area (Å²) in [5.74, 6) is 0. The highest BCUT2D eigenvalue weighted by molar-refractivity contribution is 7.90. The molecule has 0 radical (unpaired) electrons. The molecule has 0 amide bonds. The Hall–Kier alpha value is -2.57. The van der Waals surface area contributed by atoms with Crippen LogP contribution >= 0.6 is 0 Å². The molecular weight excluding hydrogens is 408 g/mol. The number of nitrogens with zero attached hydrogens (tertiary/aromatic N) is 2. The fraction of sp³-hybridized carbons (Fsp3) is 0.360. The largest absolute Gasteiger partial charge is 0.378 e. The first-order valence-corrected chi connectivity index (χ1v) is 12.3. The van der Waals surface area contributed by atoms with Crippen molar-refractivity contribution in [3.63, 3.8) is 0 Å². The number of fused-ring (bicyclic) bond motifs is 3. The SMILES string of the molecule is CN(C)c1ccc(/C=C/C=C/C23OCCN2c2ccc(S(C)(=O)=O)cc2C3(C)C)cc1. The summed E-state index contributed by atoms with van der Waals surface area (Å²) in [6.07, 6.45) is 9.48. The average Bonchev–Trinajstić information content (AvgIpc) is 3.22. The molecule has 4 rings (SSSR count). The van der Waals surface area contributed by atoms with Gasteiger partial charge in [0.25, 0.3) is 0 Å². The lowest BCUT2D eigenvalue weighted by atomic mass is 9.77. The van der Waals surface area contributed by atoms with Gasteiger partial charge in [-0.1, -0.05) is 44.2 Å². The van der Waals surface area contributed by atoms with E-state index in [1.54, 1.807) is 6.07 Å². The third-order valence-corrected chi connectivity index (χ3v) is 7.54. The van der Waals surface area contributed by atoms with E-state index in [1.165, 1.54) is 11.9 Å². The molecule has 2 aromatic rings. The van der Waals surface area contributed by atoms with Crippen molar-refractivity contribution in [1.29, 1.82) is 0 Å². The van der Waals surface area contributed by atoms with Crippen LogP contribution in [-0.2, 0) is 20.0 Å². The van der Waals surface area contributed by atoms with Crippen molar-refractivity contribution in [2.45, 2.75) is 29.9 Å². The minimum atomic E-state index is -3.27. The van der Waals surface area contributed by atoms with E-state index >= 15 is 0 Å². The fourth-order valence-corrected chi connectivity index (χ4v) is 5.26. The molecule has 1 fully saturated rings. The van der Waals surface area contributed by atoms with Gasteiger partial charge in [-0.05, 0) is 47.5 Å². The van der Waals surface area contributed by atoms with E-state index in [9.17, 15) is 8.42 Å². The van der Waals surface area contributed by atoms with Crippen molar-refractivity contribution in [1.82, 2.24) is 0 Å². The van der Waals surface area contributed by atoms with Gasteiger partial charge in [-0.3, -0.25) is 0 Å². The molecule has 2 aliphatic rings. The summed E-state index contributed by atoms with van der Waals surface area (Å²) >= 11 is 0. The maximum atomic E-state index is 12.1. The van der Waals surface area contributed by atoms with Gasteiger partial charge in [0.1, 0.15) is 0 Å². The van der Waals surface area contributed by atoms with E-state index in [1.807, 2.05) is 38.4 Å². The zero-order chi connectivity index (χ0) is 22.4. The molecule has 0 bridgehead atoms. The van der Waals surface area contributed by atoms with Crippen LogP contribution in [-0.4, -0.2) is 47.6 Å². The van der Waals surface area contributed by atoms with E-state index in [0.29, 0.717) is 11.5 Å². The number of ether oxygens (including phenoxy) is 1. The zero-order valence-electron chi connectivity index (χ0n) is 18.8. The molecule has 0 N–H and O–H groups in total. The molecule has 1 atom stereocenters. The second-order valence-electron chi connectivity index (χ2n) is 8.98. The molecular formula is C25H30N2O3S. The summed E-state index contributed by atoms with van der Waals surface area (Å²) in [4.78, 5) is 4.68. The topological polar surface area (TPSA) is 49.9 Å². The van der Waals surface area contributed by atoms with Gasteiger partial charge in [-0.15, -0.1) is 0 Å². The van der Waals surface area contributed by atoms with E-state index in [-0.39, 0.29) is 0 Å². The smallest absolute Gasteiger partial charge is 0.175 e. The quantitative estimate of drug-likeness (QED) is 0.653. The van der Waals surface area contributed by atoms with Crippen molar-refractivity contribution in [2.24, 2.45) is 0 Å². The first-order valence-electron chi connectivity index (χ1n) is 10.5. The van der Waals surface area contributed by atoms with Crippen LogP contribution in [0.5, 0.6) is 0 Å². The molecule has 0 spiro atoms. The Morgan fingerprint density at radius 1 is 1.06 bits per heavy atom. The highest BCUT2D eigenvalue weighted by atomic mass is 32.2. The Bertz CT molecular complexity index is 1150. The molecule has 6 heteroatoms. The van der Waals surface area contributed by atoms with Crippen LogP contribution in [0.2, 0.25) is 0 Å². The highest BCUT2D eigenvalue weighted by Crippen LogP contribution is 2.55. The summed E-state index contributed by atoms with van der Waals surface area (Å²) in [6.45, 7) is 5.65. The predicted molar refractivity (Wildman–Crippen MR) is 128 cm³/mol. The Morgan fingerprint density at radius 2 is 1.77 bits per heavy atom. The number of anilines is 2. The van der Waals surface area contributed by atoms with Gasteiger partial charge in [-0.2, -0.15) is 0 Å². The van der Waals surface area contributed by atoms with E-state index < -0.39 is 21.0 Å². The molecule has 2 aromatic carbocycles. The van der Waals surface area contributed by atoms with Gasteiger partial charge in [0, 0.05) is 43.7 Å². The standard InChI is InChI=1S/C25H30N2O3S/c1-24(2)22-18-21(31(5,28)29)13-14-23(22)27-16-17-30-25(24,27)15-7-6-8-19-9-11-20(12-10-19)26(3)4/h6-15,18H,16-17H2,1-5H3/b8-6+,15-7+. The maximum absolute atomic E-state index is 12.1. The van der Waals surface area contributed by atoms with E-state index in [2.05, 4.69) is 60.1 Å². The fourth-order valence-electron chi connectivity index (χ4n) is 4.61. The van der Waals surface area contributed by atoms with Gasteiger partial charge >= 0.3 is 0 Å². The Labute approximate surface area is 185 Å². The Balaban J connectivity index is 1.64. The van der Waals surface area contributed by atoms with Crippen molar-refractivity contribution in [3.8, 4) is 0 Å². The monoisotopic (exact) mass is 438 g/mol. The second kappa shape index (κ2) is 7.53. The van der Waals surface area contributed by atoms with Crippen LogP contribution in [0.25, 0.3) is 6.08 Å². The van der Waals surface area contributed by atoms with Gasteiger partial charge in [-0.25, -0.2) is 8.42 Å². The number of sulfone groups is 1. The minimum Gasteiger partial charge on any atom is -0.378 e. The van der Waals surface area contributed by atoms with Crippen molar-refractivity contribution < 1.29 is 13.2 Å². The normalized spacial score (nSPS) is 22.3. The first-order chi connectivity index (χ1) is 14.6. The minimum absolute atomic E-state index is 0.348. The molecule has 0 aromatic heterocycles. The molecule has 2 heterocycles. The number of rotatable bonds is 5. The summed E-state index contributed by atoms with van der Waals surface area (Å²) in [5, 5.41) is 0. The van der Waals surface area contributed by atoms with Crippen LogP contribution in [0.15, 0.2) is 65.6 Å². The first kappa shape index (κ1) is 21.7. The van der Waals surface area contributed by atoms with Crippen LogP contribution in [0.3, 0.4) is 0 Å². The van der Waals surface area contributed by atoms with Crippen molar-refractivity contribution >= 4 is 27.3 Å². The lowest BCUT2D eigenvalue weighted by molar-refractivity contribution is -0.000334. The second-order valence-corrected chi connectivity index (χ2v) is 11.0. The molecule has 164 valence electrons. The lowest BCUT2D eigenvalue weighted by Gasteiger charge is -2.39. The maximum Gasteiger partial charge on any atom is 0.175 e. The number of hydrogen-bond acceptors (Lipinski definition) is 5. The van der Waals surface area contributed by atoms with Gasteiger partial charge < -0.3 is 14.5 Å². The summed E-state index contributed by atoms with van der Waals surface area (Å²) in [5.41, 5.74) is 3.30. The summed E-state index contributed by atoms with van der Waals surface area (Å²) in [7, 11) is 0.787. The summed E-state index contributed by atoms with van der Waals surface area (Å²) < 4.78 is 30.5. The van der Waals surface area contributed by atoms with Crippen molar-refractivity contribution in [3.05, 3.63) is 71.8 Å². The van der Waals surface area contributed by atoms with Gasteiger partial charge in [0.15, 0.2) is 15.6 Å². The third-order valence-electron chi connectivity index (χ3n) is 6.43. The van der Waals surface area contributed by atoms with Crippen molar-refractivity contribution in [2.75, 3.05) is 43.3 Å². The van der Waals surface area contributed by atoms with E-state index in [4.69, 9.17) is 4.74 Å². The molecule has 2 aliphatic heterocycles. The number of benzene rings is 2. The lowest BCUT2D eigenvalue weighted by Crippen LogP contribution is -2.51. The molecule has 1 unspecified atom stereocenters. The van der Waals surface area contributed by atoms with Crippen LogP contribution < -0.4 is 9.80 Å². The van der Waals surface area contributed by atoms with E-state index in [0.717, 1.165) is 23.4 Å². The molecule has 31 heavy (non-hydrogen) atoms. The molecule has 0 aliphatic carbocycles. The third kappa shape index (κ3) is 3.58. The Morgan fingerprint density at radius 3 is 2.42 bits per heavy atom. The average molecular weight is 439 g/mol.